The molecule has 1 fully saturated rings. The Labute approximate surface area is 108 Å². The number of rotatable bonds is 3. The summed E-state index contributed by atoms with van der Waals surface area (Å²) in [5, 5.41) is 12.0. The topological polar surface area (TPSA) is 69.6 Å². The number of amides is 2. The van der Waals surface area contributed by atoms with Crippen molar-refractivity contribution in [3.8, 4) is 12.3 Å². The molecule has 5 nitrogen and oxygen atoms in total. The number of nitrogens with zero attached hydrogens (tertiary/aromatic N) is 1. The molecular formula is C13H20N2O3. The Hall–Kier alpha value is -1.70. The van der Waals surface area contributed by atoms with Gasteiger partial charge < -0.3 is 15.3 Å². The number of nitrogens with one attached hydrogen (secondary N) is 1. The molecule has 1 rings (SSSR count). The van der Waals surface area contributed by atoms with Crippen molar-refractivity contribution in [2.45, 2.75) is 39.2 Å². The highest BCUT2D eigenvalue weighted by Gasteiger charge is 2.39. The van der Waals surface area contributed by atoms with E-state index in [1.165, 1.54) is 0 Å². The van der Waals surface area contributed by atoms with Crippen molar-refractivity contribution < 1.29 is 14.7 Å². The number of carbonyl (C=O) groups is 2. The Morgan fingerprint density at radius 3 is 2.83 bits per heavy atom. The predicted octanol–water partition coefficient (Wildman–Crippen LogP) is 1.29. The highest BCUT2D eigenvalue weighted by atomic mass is 16.4. The molecule has 2 N–H and O–H groups in total. The highest BCUT2D eigenvalue weighted by molar-refractivity contribution is 5.78. The minimum atomic E-state index is -0.850. The molecule has 2 unspecified atom stereocenters. The second-order valence-corrected chi connectivity index (χ2v) is 5.15. The second kappa shape index (κ2) is 5.76. The van der Waals surface area contributed by atoms with Crippen molar-refractivity contribution in [1.29, 1.82) is 0 Å². The number of likely N-dealkylation sites (tertiary alicyclic amines) is 1. The summed E-state index contributed by atoms with van der Waals surface area (Å²) in [6.45, 7) is 4.35. The van der Waals surface area contributed by atoms with Crippen LogP contribution < -0.4 is 5.32 Å². The normalized spacial score (nSPS) is 25.1. The van der Waals surface area contributed by atoms with Gasteiger partial charge in [0.05, 0.1) is 5.41 Å². The van der Waals surface area contributed by atoms with E-state index in [0.29, 0.717) is 25.8 Å². The van der Waals surface area contributed by atoms with E-state index in [1.807, 2.05) is 6.92 Å². The monoisotopic (exact) mass is 252 g/mol. The number of carbonyl (C=O) groups excluding carboxylic acids is 1. The van der Waals surface area contributed by atoms with Gasteiger partial charge in [0.15, 0.2) is 0 Å². The van der Waals surface area contributed by atoms with Crippen LogP contribution in [0.4, 0.5) is 4.79 Å². The van der Waals surface area contributed by atoms with E-state index in [9.17, 15) is 14.7 Å². The van der Waals surface area contributed by atoms with Gasteiger partial charge in [-0.3, -0.25) is 4.79 Å². The number of hydrogen-bond donors (Lipinski definition) is 2. The molecule has 0 spiro atoms. The molecule has 0 bridgehead atoms. The largest absolute Gasteiger partial charge is 0.481 e. The van der Waals surface area contributed by atoms with E-state index in [2.05, 4.69) is 11.2 Å². The maximum absolute atomic E-state index is 11.9. The summed E-state index contributed by atoms with van der Waals surface area (Å²) in [6, 6.07) is -0.328. The molecule has 0 saturated carbocycles. The number of carboxylic acid groups (broad SMARTS) is 1. The quantitative estimate of drug-likeness (QED) is 0.744. The van der Waals surface area contributed by atoms with Gasteiger partial charge in [0.1, 0.15) is 0 Å². The van der Waals surface area contributed by atoms with E-state index in [4.69, 9.17) is 6.42 Å². The number of piperidine rings is 1. The van der Waals surface area contributed by atoms with Crippen LogP contribution in [-0.4, -0.2) is 41.1 Å². The van der Waals surface area contributed by atoms with Gasteiger partial charge in [-0.25, -0.2) is 4.79 Å². The van der Waals surface area contributed by atoms with E-state index in [-0.39, 0.29) is 18.6 Å². The Kier molecular flexibility index (Phi) is 4.60. The fourth-order valence-electron chi connectivity index (χ4n) is 2.12. The molecule has 1 heterocycles. The van der Waals surface area contributed by atoms with Crippen LogP contribution in [-0.2, 0) is 4.79 Å². The van der Waals surface area contributed by atoms with Crippen LogP contribution in [0.15, 0.2) is 0 Å². The molecular weight excluding hydrogens is 232 g/mol. The molecule has 5 heteroatoms. The van der Waals surface area contributed by atoms with Crippen LogP contribution in [0.25, 0.3) is 0 Å². The minimum absolute atomic E-state index is 0.0967. The van der Waals surface area contributed by atoms with Gasteiger partial charge in [-0.1, -0.05) is 0 Å². The lowest BCUT2D eigenvalue weighted by molar-refractivity contribution is -0.150. The SMILES string of the molecule is C#CCC(C)NC(=O)N1CCCC(C)(C(=O)O)C1. The van der Waals surface area contributed by atoms with Crippen molar-refractivity contribution in [3.63, 3.8) is 0 Å². The summed E-state index contributed by atoms with van der Waals surface area (Å²) >= 11 is 0. The molecule has 2 atom stereocenters. The molecule has 18 heavy (non-hydrogen) atoms. The molecule has 0 aromatic heterocycles. The van der Waals surface area contributed by atoms with Crippen LogP contribution in [0, 0.1) is 17.8 Å². The molecule has 0 aliphatic carbocycles. The maximum Gasteiger partial charge on any atom is 0.317 e. The first-order valence-electron chi connectivity index (χ1n) is 6.11. The van der Waals surface area contributed by atoms with E-state index in [1.54, 1.807) is 11.8 Å². The molecule has 1 aliphatic rings. The molecule has 1 saturated heterocycles. The van der Waals surface area contributed by atoms with E-state index < -0.39 is 11.4 Å². The molecule has 2 amide bonds. The van der Waals surface area contributed by atoms with Crippen LogP contribution >= 0.6 is 0 Å². The summed E-state index contributed by atoms with van der Waals surface area (Å²) in [7, 11) is 0. The summed E-state index contributed by atoms with van der Waals surface area (Å²) < 4.78 is 0. The molecule has 1 aliphatic heterocycles. The van der Waals surface area contributed by atoms with Gasteiger partial charge in [0.2, 0.25) is 0 Å². The first-order valence-corrected chi connectivity index (χ1v) is 6.11. The standard InChI is InChI=1S/C13H20N2O3/c1-4-6-10(2)14-12(18)15-8-5-7-13(3,9-15)11(16)17/h1,10H,5-9H2,2-3H3,(H,14,18)(H,16,17). The number of hydrogen-bond acceptors (Lipinski definition) is 2. The highest BCUT2D eigenvalue weighted by Crippen LogP contribution is 2.29. The van der Waals surface area contributed by atoms with Crippen molar-refractivity contribution >= 4 is 12.0 Å². The van der Waals surface area contributed by atoms with Gasteiger partial charge in [-0.15, -0.1) is 12.3 Å². The first kappa shape index (κ1) is 14.4. The maximum atomic E-state index is 11.9. The lowest BCUT2D eigenvalue weighted by atomic mass is 9.82. The number of aliphatic carboxylic acids is 1. The summed E-state index contributed by atoms with van der Waals surface area (Å²) in [5.74, 6) is 1.63. The zero-order valence-electron chi connectivity index (χ0n) is 10.9. The Morgan fingerprint density at radius 1 is 1.61 bits per heavy atom. The number of urea groups is 1. The average molecular weight is 252 g/mol. The van der Waals surface area contributed by atoms with E-state index >= 15 is 0 Å². The fraction of sp³-hybridized carbons (Fsp3) is 0.692. The summed E-state index contributed by atoms with van der Waals surface area (Å²) in [6.07, 6.45) is 6.95. The Bertz CT molecular complexity index is 375. The molecule has 100 valence electrons. The molecule has 0 aromatic rings. The van der Waals surface area contributed by atoms with Crippen molar-refractivity contribution in [2.75, 3.05) is 13.1 Å². The predicted molar refractivity (Wildman–Crippen MR) is 68.0 cm³/mol. The third kappa shape index (κ3) is 3.39. The zero-order chi connectivity index (χ0) is 13.8. The first-order chi connectivity index (χ1) is 8.39. The molecule has 0 aromatic carbocycles. The fourth-order valence-corrected chi connectivity index (χ4v) is 2.12. The Morgan fingerprint density at radius 2 is 2.28 bits per heavy atom. The van der Waals surface area contributed by atoms with Gasteiger partial charge >= 0.3 is 12.0 Å². The van der Waals surface area contributed by atoms with Gasteiger partial charge in [-0.05, 0) is 26.7 Å². The van der Waals surface area contributed by atoms with Crippen LogP contribution in [0.5, 0.6) is 0 Å². The van der Waals surface area contributed by atoms with E-state index in [0.717, 1.165) is 0 Å². The summed E-state index contributed by atoms with van der Waals surface area (Å²) in [5.41, 5.74) is -0.842. The smallest absolute Gasteiger partial charge is 0.317 e. The molecule has 0 radical (unpaired) electrons. The van der Waals surface area contributed by atoms with Crippen LogP contribution in [0.3, 0.4) is 0 Å². The lowest BCUT2D eigenvalue weighted by Gasteiger charge is -2.37. The van der Waals surface area contributed by atoms with Crippen LogP contribution in [0.2, 0.25) is 0 Å². The Balaban J connectivity index is 2.59. The number of terminal acetylenes is 1. The van der Waals surface area contributed by atoms with Gasteiger partial charge in [0.25, 0.3) is 0 Å². The third-order valence-corrected chi connectivity index (χ3v) is 3.29. The van der Waals surface area contributed by atoms with Crippen molar-refractivity contribution in [1.82, 2.24) is 10.2 Å². The van der Waals surface area contributed by atoms with Crippen molar-refractivity contribution in [3.05, 3.63) is 0 Å². The second-order valence-electron chi connectivity index (χ2n) is 5.15. The lowest BCUT2D eigenvalue weighted by Crippen LogP contribution is -2.52. The minimum Gasteiger partial charge on any atom is -0.481 e. The van der Waals surface area contributed by atoms with Gasteiger partial charge in [-0.2, -0.15) is 0 Å². The summed E-state index contributed by atoms with van der Waals surface area (Å²) in [4.78, 5) is 24.7. The van der Waals surface area contributed by atoms with Crippen molar-refractivity contribution in [2.24, 2.45) is 5.41 Å². The average Bonchev–Trinajstić information content (AvgIpc) is 2.29. The zero-order valence-corrected chi connectivity index (χ0v) is 10.9. The number of carboxylic acids is 1. The third-order valence-electron chi connectivity index (χ3n) is 3.29. The van der Waals surface area contributed by atoms with Gasteiger partial charge in [0, 0.05) is 25.6 Å². The van der Waals surface area contributed by atoms with Crippen LogP contribution in [0.1, 0.15) is 33.1 Å².